The van der Waals surface area contributed by atoms with E-state index in [2.05, 4.69) is 66.3 Å². The van der Waals surface area contributed by atoms with Gasteiger partial charge in [-0.05, 0) is 77.0 Å². The first kappa shape index (κ1) is 94.6. The minimum Gasteiger partial charge on any atom is -0.857 e. The SMILES string of the molecule is C.C#CCn1ccnc1[N+](=O)[O-].CCOC(OCC)(OCC)c1ccccc1.C[O-].O=[N+]([O-])c1nccn1Cc1cn(C(CO)CF)nn1.[N-]=[N+]=NC(CF)COC(=O)c1ccccc1.[N-]=[N+]=NC(CO)CF.[N-]=[N+]=NC(CO)CO.[N-]=[N+]=NC(CO)COC(=O)c1ccccc1.[Na+]. The number of aromatic nitrogens is 7. The van der Waals surface area contributed by atoms with Gasteiger partial charge in [0.25, 0.3) is 0 Å². The van der Waals surface area contributed by atoms with Gasteiger partial charge in [-0.25, -0.2) is 27.8 Å². The Morgan fingerprint density at radius 2 is 1.01 bits per heavy atom. The second-order valence-electron chi connectivity index (χ2n) is 17.2. The van der Waals surface area contributed by atoms with Gasteiger partial charge in [0, 0.05) is 45.0 Å². The maximum absolute atomic E-state index is 12.5. The predicted molar refractivity (Wildman–Crippen MR) is 339 cm³/mol. The molecule has 0 fully saturated rings. The Hall–Kier alpha value is -9.81. The molecule has 530 valence electrons. The Kier molecular flexibility index (Phi) is 58.7. The zero-order valence-corrected chi connectivity index (χ0v) is 55.3. The van der Waals surface area contributed by atoms with Crippen LogP contribution in [0, 0.1) is 32.6 Å². The number of benzene rings is 3. The fourth-order valence-electron chi connectivity index (χ4n) is 6.25. The van der Waals surface area contributed by atoms with E-state index in [1.165, 1.54) is 44.8 Å². The zero-order valence-electron chi connectivity index (χ0n) is 53.3. The van der Waals surface area contributed by atoms with Crippen LogP contribution in [0.4, 0.5) is 25.1 Å². The molecule has 42 heteroatoms. The van der Waals surface area contributed by atoms with Crippen molar-refractivity contribution in [1.29, 1.82) is 0 Å². The third-order valence-electron chi connectivity index (χ3n) is 10.7. The van der Waals surface area contributed by atoms with Crippen molar-refractivity contribution >= 4 is 23.8 Å². The molecular weight excluding hydrogens is 1320 g/mol. The van der Waals surface area contributed by atoms with Crippen molar-refractivity contribution in [2.45, 2.75) is 77.5 Å². The molecule has 3 aromatic carbocycles. The second-order valence-corrected chi connectivity index (χ2v) is 17.2. The first-order valence-corrected chi connectivity index (χ1v) is 27.8. The molecule has 0 aliphatic rings. The molecule has 4 unspecified atom stereocenters. The first-order chi connectivity index (χ1) is 46.4. The van der Waals surface area contributed by atoms with Crippen molar-refractivity contribution in [3.8, 4) is 12.3 Å². The largest absolute Gasteiger partial charge is 1.00 e. The van der Waals surface area contributed by atoms with E-state index in [4.69, 9.17) is 82.9 Å². The molecule has 0 aliphatic carbocycles. The van der Waals surface area contributed by atoms with E-state index in [1.54, 1.807) is 60.7 Å². The van der Waals surface area contributed by atoms with Gasteiger partial charge >= 0.3 is 59.4 Å². The van der Waals surface area contributed by atoms with Crippen LogP contribution in [0.2, 0.25) is 0 Å². The molecule has 4 atom stereocenters. The number of azide groups is 4. The van der Waals surface area contributed by atoms with Gasteiger partial charge in [0.2, 0.25) is 0 Å². The first-order valence-electron chi connectivity index (χ1n) is 27.8. The number of aliphatic hydroxyl groups is 5. The summed E-state index contributed by atoms with van der Waals surface area (Å²) in [6, 6.07) is 22.4. The van der Waals surface area contributed by atoms with Crippen molar-refractivity contribution in [1.82, 2.24) is 34.1 Å². The Labute approximate surface area is 581 Å². The Morgan fingerprint density at radius 1 is 0.622 bits per heavy atom. The van der Waals surface area contributed by atoms with Crippen LogP contribution in [-0.4, -0.2) is 199 Å². The van der Waals surface area contributed by atoms with Gasteiger partial charge in [-0.2, -0.15) is 7.11 Å². The van der Waals surface area contributed by atoms with Crippen LogP contribution in [0.5, 0.6) is 0 Å². The number of halogens is 3. The van der Waals surface area contributed by atoms with Crippen molar-refractivity contribution in [2.75, 3.05) is 93.2 Å². The van der Waals surface area contributed by atoms with E-state index in [-0.39, 0.29) is 95.0 Å². The molecular formula is C56H77F3N21NaO17. The number of ether oxygens (including phenoxy) is 5. The van der Waals surface area contributed by atoms with E-state index in [0.717, 1.165) is 12.7 Å². The number of carbonyl (C=O) groups excluding carboxylic acids is 2. The molecule has 0 amide bonds. The van der Waals surface area contributed by atoms with Crippen molar-refractivity contribution < 1.29 is 116 Å². The van der Waals surface area contributed by atoms with Crippen LogP contribution in [-0.2, 0) is 42.7 Å². The number of imidazole rings is 2. The molecule has 3 aromatic heterocycles. The number of terminal acetylenes is 1. The molecule has 5 N–H and O–H groups in total. The molecule has 0 saturated heterocycles. The molecule has 6 aromatic rings. The van der Waals surface area contributed by atoms with Gasteiger partial charge in [0.15, 0.2) is 0 Å². The number of nitro groups is 2. The third-order valence-corrected chi connectivity index (χ3v) is 10.7. The van der Waals surface area contributed by atoms with Crippen molar-refractivity contribution in [3.05, 3.63) is 206 Å². The molecule has 0 spiro atoms. The standard InChI is InChI=1S/C13H20O3.C10H10FN3O2.C10H11N3O3.C9H11FN6O3.C6H5N3O2.C3H6FN3O.C3H7N3O2.CH3O.CH4.Na/c1-4-14-13(15-5-2,16-6-3)12-10-8-7-9-11-12;11-6-9(13-14-12)7-16-10(15)8-4-2-1-3-5-8;11-13-12-9(6-14)7-16-10(15)8-4-2-1-3-5-8;10-3-8(6-17)15-5-7(12-13-15)4-14-2-1-11-9(14)16(18)19;1-2-4-8-5-3-7-6(8)9(10)11;4-1-3(2-8)6-7-5;4-6-5-3(1-7)2-8;1-2;;/h7-11H,4-6H2,1-3H3;1-5,9H,6-7H2;1-5,9,14H,6-7H2;1-2,5,8,17H,3-4,6H2;1,3,5H,4H2;3,8H,1-2H2;3,7-8H,1-2H2;1H3;1H4;/q;;;;;;;-1;;+1. The van der Waals surface area contributed by atoms with Crippen LogP contribution in [0.3, 0.4) is 0 Å². The predicted octanol–water partition coefficient (Wildman–Crippen LogP) is 4.16. The van der Waals surface area contributed by atoms with Crippen LogP contribution < -0.4 is 34.7 Å². The fraction of sp³-hybridized carbons (Fsp3) is 0.464. The number of hydrogen-bond acceptors (Lipinski definition) is 25. The molecule has 0 aliphatic heterocycles. The Morgan fingerprint density at radius 3 is 1.37 bits per heavy atom. The van der Waals surface area contributed by atoms with Gasteiger partial charge in [0.1, 0.15) is 82.9 Å². The van der Waals surface area contributed by atoms with Crippen molar-refractivity contribution in [2.24, 2.45) is 20.5 Å². The fourth-order valence-corrected chi connectivity index (χ4v) is 6.25. The van der Waals surface area contributed by atoms with E-state index >= 15 is 0 Å². The second kappa shape index (κ2) is 60.8. The molecule has 6 rings (SSSR count). The zero-order chi connectivity index (χ0) is 72.4. The monoisotopic (exact) mass is 1400 g/mol. The number of hydrogen-bond donors (Lipinski definition) is 5. The third kappa shape index (κ3) is 39.3. The minimum absolute atomic E-state index is 0. The molecule has 0 saturated carbocycles. The number of aliphatic hydroxyl groups excluding tert-OH is 5. The summed E-state index contributed by atoms with van der Waals surface area (Å²) < 4.78 is 66.6. The average Bonchev–Trinajstić information content (AvgIpc) is 1.31. The van der Waals surface area contributed by atoms with Gasteiger partial charge in [0.05, 0.1) is 74.5 Å². The van der Waals surface area contributed by atoms with Crippen LogP contribution >= 0.6 is 0 Å². The Bertz CT molecular complexity index is 3190. The van der Waals surface area contributed by atoms with E-state index in [0.29, 0.717) is 36.6 Å². The number of rotatable bonds is 31. The number of alkyl halides is 3. The number of carbonyl (C=O) groups is 2. The quantitative estimate of drug-likeness (QED) is 0.00469. The van der Waals surface area contributed by atoms with Gasteiger partial charge in [-0.15, -0.1) is 11.5 Å². The molecule has 98 heavy (non-hydrogen) atoms. The van der Waals surface area contributed by atoms with Gasteiger partial charge in [-0.1, -0.05) is 116 Å². The van der Waals surface area contributed by atoms with Crippen LogP contribution in [0.1, 0.15) is 66.2 Å². The maximum atomic E-state index is 12.5. The number of esters is 2. The van der Waals surface area contributed by atoms with Crippen molar-refractivity contribution in [3.63, 3.8) is 0 Å². The molecule has 38 nitrogen and oxygen atoms in total. The van der Waals surface area contributed by atoms with E-state index in [1.807, 2.05) is 51.1 Å². The summed E-state index contributed by atoms with van der Waals surface area (Å²) in [5.41, 5.74) is 33.8. The van der Waals surface area contributed by atoms with E-state index < -0.39 is 91.2 Å². The summed E-state index contributed by atoms with van der Waals surface area (Å²) in [5.74, 6) is -0.368. The smallest absolute Gasteiger partial charge is 0.857 e. The normalized spacial score (nSPS) is 10.8. The van der Waals surface area contributed by atoms with E-state index in [9.17, 15) is 43.0 Å². The molecule has 3 heterocycles. The molecule has 0 bridgehead atoms. The topological polar surface area (TPSA) is 552 Å². The average molecular weight is 1400 g/mol. The summed E-state index contributed by atoms with van der Waals surface area (Å²) in [4.78, 5) is 59.3. The minimum atomic E-state index is -1.06. The summed E-state index contributed by atoms with van der Waals surface area (Å²) >= 11 is 0. The maximum Gasteiger partial charge on any atom is 1.00 e. The van der Waals surface area contributed by atoms with Crippen LogP contribution in [0.15, 0.2) is 142 Å². The number of nitrogens with zero attached hydrogens (tertiary/aromatic N) is 21. The van der Waals surface area contributed by atoms with Crippen LogP contribution in [0.25, 0.3) is 41.8 Å². The summed E-state index contributed by atoms with van der Waals surface area (Å²) in [6.07, 6.45) is 12.0. The van der Waals surface area contributed by atoms with Gasteiger partial charge < -0.3 is 74.6 Å². The summed E-state index contributed by atoms with van der Waals surface area (Å²) in [7, 11) is 0.750. The Balaban J connectivity index is -0.000000532. The molecule has 0 radical (unpaired) electrons. The van der Waals surface area contributed by atoms with Gasteiger partial charge in [-0.3, -0.25) is 8.78 Å². The summed E-state index contributed by atoms with van der Waals surface area (Å²) in [5, 5.41) is 91.3. The summed E-state index contributed by atoms with van der Waals surface area (Å²) in [6.45, 7) is 3.05.